The molecule has 212 valence electrons. The second-order valence-electron chi connectivity index (χ2n) is 8.87. The zero-order valence-electron chi connectivity index (χ0n) is 22.1. The number of hydrogen-bond acceptors (Lipinski definition) is 9. The molecular formula is C25H34N6O7S. The first-order valence-electron chi connectivity index (χ1n) is 12.1. The predicted molar refractivity (Wildman–Crippen MR) is 145 cm³/mol. The fraction of sp³-hybridized carbons (Fsp3) is 0.400. The first-order valence-corrected chi connectivity index (χ1v) is 13.6. The van der Waals surface area contributed by atoms with E-state index in [1.165, 1.54) is 26.4 Å². The zero-order chi connectivity index (χ0) is 28.6. The molecule has 0 aliphatic carbocycles. The number of carbonyl (C=O) groups is 2. The highest BCUT2D eigenvalue weighted by Crippen LogP contribution is 2.27. The van der Waals surface area contributed by atoms with Crippen LogP contribution in [0.5, 0.6) is 11.5 Å². The van der Waals surface area contributed by atoms with Crippen LogP contribution in [0.1, 0.15) is 11.1 Å². The number of amides is 2. The Labute approximate surface area is 227 Å². The van der Waals surface area contributed by atoms with Gasteiger partial charge in [-0.1, -0.05) is 12.1 Å². The third-order valence-electron chi connectivity index (χ3n) is 6.01. The Hall–Kier alpha value is -3.72. The van der Waals surface area contributed by atoms with Crippen molar-refractivity contribution in [2.45, 2.75) is 24.3 Å². The third kappa shape index (κ3) is 8.64. The standard InChI is InChI=1S/C25H34N6O7S/c1-16-4-6-18(39(27,34)35)14-19(16)28-24(33)20(15-31-8-10-38-11-9-31)29-25(26)30-23(32)13-17-5-7-21(36-2)22(12-17)37-3/h4-7,12,14,20H,8-11,13,15H2,1-3H3,(H,28,33)(H2,27,34,35)(H3,26,29,30,32)/t20-/m1/s1. The molecule has 2 aromatic carbocycles. The van der Waals surface area contributed by atoms with Crippen LogP contribution in [-0.2, 0) is 30.8 Å². The van der Waals surface area contributed by atoms with Crippen molar-refractivity contribution in [1.29, 1.82) is 0 Å². The molecule has 1 heterocycles. The summed E-state index contributed by atoms with van der Waals surface area (Å²) in [5.41, 5.74) is 7.58. The molecule has 1 aliphatic heterocycles. The average Bonchev–Trinajstić information content (AvgIpc) is 2.89. The van der Waals surface area contributed by atoms with E-state index in [0.717, 1.165) is 0 Å². The SMILES string of the molecule is COc1ccc(CC(=O)NC(N)=N[C@H](CN2CCOCC2)C(=O)Nc2cc(S(N)(=O)=O)ccc2C)cc1OC. The number of aliphatic imine (C=N–C) groups is 1. The molecule has 2 amide bonds. The average molecular weight is 563 g/mol. The van der Waals surface area contributed by atoms with Gasteiger partial charge in [0.15, 0.2) is 17.5 Å². The predicted octanol–water partition coefficient (Wildman–Crippen LogP) is -0.0275. The van der Waals surface area contributed by atoms with Gasteiger partial charge in [0.1, 0.15) is 6.04 Å². The molecular weight excluding hydrogens is 528 g/mol. The van der Waals surface area contributed by atoms with Gasteiger partial charge in [0.2, 0.25) is 15.9 Å². The molecule has 1 fully saturated rings. The molecule has 0 unspecified atom stereocenters. The van der Waals surface area contributed by atoms with Gasteiger partial charge >= 0.3 is 0 Å². The fourth-order valence-electron chi connectivity index (χ4n) is 3.90. The largest absolute Gasteiger partial charge is 0.493 e. The number of sulfonamides is 1. The van der Waals surface area contributed by atoms with Gasteiger partial charge in [-0.2, -0.15) is 0 Å². The number of hydrogen-bond donors (Lipinski definition) is 4. The number of carbonyl (C=O) groups excluding carboxylic acids is 2. The molecule has 2 aromatic rings. The van der Waals surface area contributed by atoms with E-state index in [1.807, 2.05) is 4.90 Å². The maximum absolute atomic E-state index is 13.3. The second kappa shape index (κ2) is 13.4. The van der Waals surface area contributed by atoms with Crippen molar-refractivity contribution in [3.05, 3.63) is 47.5 Å². The van der Waals surface area contributed by atoms with Crippen LogP contribution in [0.15, 0.2) is 46.3 Å². The number of guanidine groups is 1. The Balaban J connectivity index is 1.77. The lowest BCUT2D eigenvalue weighted by Gasteiger charge is -2.28. The van der Waals surface area contributed by atoms with Crippen LogP contribution in [0, 0.1) is 6.92 Å². The minimum atomic E-state index is -3.97. The molecule has 14 heteroatoms. The molecule has 1 saturated heterocycles. The molecule has 1 atom stereocenters. The Bertz CT molecular complexity index is 1330. The number of ether oxygens (including phenoxy) is 3. The summed E-state index contributed by atoms with van der Waals surface area (Å²) in [5.74, 6) is -0.194. The van der Waals surface area contributed by atoms with Crippen molar-refractivity contribution >= 4 is 33.5 Å². The van der Waals surface area contributed by atoms with Crippen LogP contribution >= 0.6 is 0 Å². The fourth-order valence-corrected chi connectivity index (χ4v) is 4.44. The zero-order valence-corrected chi connectivity index (χ0v) is 22.9. The van der Waals surface area contributed by atoms with E-state index in [0.29, 0.717) is 48.9 Å². The first kappa shape index (κ1) is 29.8. The number of nitrogens with zero attached hydrogens (tertiary/aromatic N) is 2. The van der Waals surface area contributed by atoms with Gasteiger partial charge in [-0.05, 0) is 42.3 Å². The molecule has 1 aliphatic rings. The highest BCUT2D eigenvalue weighted by atomic mass is 32.2. The maximum atomic E-state index is 13.3. The van der Waals surface area contributed by atoms with Crippen molar-refractivity contribution in [2.75, 3.05) is 52.4 Å². The van der Waals surface area contributed by atoms with E-state index in [4.69, 9.17) is 25.1 Å². The number of nitrogens with two attached hydrogens (primary N) is 2. The van der Waals surface area contributed by atoms with E-state index >= 15 is 0 Å². The first-order chi connectivity index (χ1) is 18.5. The number of aryl methyl sites for hydroxylation is 1. The number of primary sulfonamides is 1. The molecule has 39 heavy (non-hydrogen) atoms. The van der Waals surface area contributed by atoms with Crippen molar-refractivity contribution in [1.82, 2.24) is 10.2 Å². The van der Waals surface area contributed by atoms with Crippen molar-refractivity contribution in [3.63, 3.8) is 0 Å². The van der Waals surface area contributed by atoms with Crippen LogP contribution in [-0.4, -0.2) is 84.2 Å². The molecule has 0 saturated carbocycles. The molecule has 0 radical (unpaired) electrons. The summed E-state index contributed by atoms with van der Waals surface area (Å²) in [6, 6.07) is 8.26. The van der Waals surface area contributed by atoms with Gasteiger partial charge in [0.05, 0.1) is 38.7 Å². The monoisotopic (exact) mass is 562 g/mol. The summed E-state index contributed by atoms with van der Waals surface area (Å²) in [5, 5.41) is 10.5. The number of anilines is 1. The number of rotatable bonds is 10. The molecule has 0 bridgehead atoms. The second-order valence-corrected chi connectivity index (χ2v) is 10.4. The van der Waals surface area contributed by atoms with Crippen LogP contribution in [0.25, 0.3) is 0 Å². The smallest absolute Gasteiger partial charge is 0.250 e. The van der Waals surface area contributed by atoms with Gasteiger partial charge in [-0.15, -0.1) is 0 Å². The minimum absolute atomic E-state index is 0.0174. The maximum Gasteiger partial charge on any atom is 0.250 e. The van der Waals surface area contributed by atoms with Crippen LogP contribution in [0.4, 0.5) is 5.69 Å². The van der Waals surface area contributed by atoms with Gasteiger partial charge in [0, 0.05) is 25.3 Å². The van der Waals surface area contributed by atoms with Gasteiger partial charge in [-0.3, -0.25) is 19.8 Å². The van der Waals surface area contributed by atoms with Gasteiger partial charge < -0.3 is 25.3 Å². The van der Waals surface area contributed by atoms with Crippen molar-refractivity contribution in [3.8, 4) is 11.5 Å². The van der Waals surface area contributed by atoms with Crippen LogP contribution in [0.2, 0.25) is 0 Å². The summed E-state index contributed by atoms with van der Waals surface area (Å²) >= 11 is 0. The summed E-state index contributed by atoms with van der Waals surface area (Å²) in [6.07, 6.45) is -0.0174. The van der Waals surface area contributed by atoms with Crippen molar-refractivity contribution < 1.29 is 32.2 Å². The lowest BCUT2D eigenvalue weighted by atomic mass is 10.1. The quantitative estimate of drug-likeness (QED) is 0.228. The summed E-state index contributed by atoms with van der Waals surface area (Å²) in [6.45, 7) is 4.10. The molecule has 0 spiro atoms. The van der Waals surface area contributed by atoms with Crippen molar-refractivity contribution in [2.24, 2.45) is 15.9 Å². The van der Waals surface area contributed by atoms with E-state index in [1.54, 1.807) is 31.2 Å². The Morgan fingerprint density at radius 3 is 2.44 bits per heavy atom. The Kier molecular flexibility index (Phi) is 10.2. The minimum Gasteiger partial charge on any atom is -0.493 e. The molecule has 0 aromatic heterocycles. The summed E-state index contributed by atoms with van der Waals surface area (Å²) < 4.78 is 39.4. The number of methoxy groups -OCH3 is 2. The highest BCUT2D eigenvalue weighted by molar-refractivity contribution is 7.89. The number of morpholine rings is 1. The summed E-state index contributed by atoms with van der Waals surface area (Å²) in [4.78, 5) is 32.1. The van der Waals surface area contributed by atoms with Gasteiger partial charge in [-0.25, -0.2) is 18.5 Å². The van der Waals surface area contributed by atoms with E-state index in [-0.39, 0.29) is 29.5 Å². The molecule has 13 nitrogen and oxygen atoms in total. The lowest BCUT2D eigenvalue weighted by Crippen LogP contribution is -2.46. The third-order valence-corrected chi connectivity index (χ3v) is 6.92. The molecule has 3 rings (SSSR count). The topological polar surface area (TPSA) is 188 Å². The molecule has 6 N–H and O–H groups in total. The van der Waals surface area contributed by atoms with E-state index in [2.05, 4.69) is 15.6 Å². The number of nitrogens with one attached hydrogen (secondary N) is 2. The van der Waals surface area contributed by atoms with Crippen LogP contribution in [0.3, 0.4) is 0 Å². The van der Waals surface area contributed by atoms with Gasteiger partial charge in [0.25, 0.3) is 5.91 Å². The number of benzene rings is 2. The Morgan fingerprint density at radius 2 is 1.79 bits per heavy atom. The normalized spacial score (nSPS) is 15.3. The van der Waals surface area contributed by atoms with E-state index in [9.17, 15) is 18.0 Å². The van der Waals surface area contributed by atoms with E-state index < -0.39 is 27.9 Å². The van der Waals surface area contributed by atoms with Crippen LogP contribution < -0.4 is 31.0 Å². The lowest BCUT2D eigenvalue weighted by molar-refractivity contribution is -0.119. The summed E-state index contributed by atoms with van der Waals surface area (Å²) in [7, 11) is -0.955. The Morgan fingerprint density at radius 1 is 1.10 bits per heavy atom. The highest BCUT2D eigenvalue weighted by Gasteiger charge is 2.24.